The van der Waals surface area contributed by atoms with Gasteiger partial charge >= 0.3 is 8.80 Å². The second-order valence-electron chi connectivity index (χ2n) is 3.57. The first kappa shape index (κ1) is 15.5. The number of rotatable bonds is 8. The number of methoxy groups -OCH3 is 1. The quantitative estimate of drug-likeness (QED) is 0.543. The van der Waals surface area contributed by atoms with Crippen LogP contribution in [0.4, 0.5) is 0 Å². The Balaban J connectivity index is 2.44. The van der Waals surface area contributed by atoms with Gasteiger partial charge in [-0.3, -0.25) is 0 Å². The van der Waals surface area contributed by atoms with Crippen LogP contribution in [-0.4, -0.2) is 43.0 Å². The van der Waals surface area contributed by atoms with E-state index in [4.69, 9.17) is 18.0 Å². The van der Waals surface area contributed by atoms with Gasteiger partial charge < -0.3 is 18.0 Å². The highest BCUT2D eigenvalue weighted by Crippen LogP contribution is 2.24. The third-order valence-electron chi connectivity index (χ3n) is 2.67. The molecular formula is C12H20O4SSi. The molecule has 0 spiro atoms. The molecule has 0 N–H and O–H groups in total. The Morgan fingerprint density at radius 1 is 0.944 bits per heavy atom. The molecule has 1 aromatic carbocycles. The van der Waals surface area contributed by atoms with Crippen LogP contribution in [0.2, 0.25) is 6.04 Å². The number of thioether (sulfide) groups is 1. The lowest BCUT2D eigenvalue weighted by Gasteiger charge is -2.23. The SMILES string of the molecule is COc1ccc(SCC[Si](OC)(OC)OC)cc1. The highest BCUT2D eigenvalue weighted by Gasteiger charge is 2.36. The standard InChI is InChI=1S/C12H20O4SSi/c1-13-11-5-7-12(8-6-11)17-9-10-18(14-2,15-3)16-4/h5-8H,9-10H2,1-4H3. The van der Waals surface area contributed by atoms with E-state index in [1.165, 1.54) is 4.90 Å². The fraction of sp³-hybridized carbons (Fsp3) is 0.500. The average Bonchev–Trinajstić information content (AvgIpc) is 2.45. The normalized spacial score (nSPS) is 11.6. The zero-order valence-electron chi connectivity index (χ0n) is 11.3. The molecule has 0 aliphatic rings. The third-order valence-corrected chi connectivity index (χ3v) is 6.77. The molecule has 0 aliphatic heterocycles. The Kier molecular flexibility index (Phi) is 6.73. The summed E-state index contributed by atoms with van der Waals surface area (Å²) in [7, 11) is 4.14. The van der Waals surface area contributed by atoms with Crippen LogP contribution in [0.5, 0.6) is 5.75 Å². The summed E-state index contributed by atoms with van der Waals surface area (Å²) in [6.45, 7) is 0. The van der Waals surface area contributed by atoms with Crippen molar-refractivity contribution < 1.29 is 18.0 Å². The van der Waals surface area contributed by atoms with Crippen LogP contribution in [0.3, 0.4) is 0 Å². The van der Waals surface area contributed by atoms with Crippen molar-refractivity contribution >= 4 is 20.6 Å². The van der Waals surface area contributed by atoms with Gasteiger partial charge in [0.05, 0.1) is 7.11 Å². The molecule has 0 atom stereocenters. The predicted molar refractivity (Wildman–Crippen MR) is 75.3 cm³/mol. The largest absolute Gasteiger partial charge is 0.500 e. The van der Waals surface area contributed by atoms with Crippen molar-refractivity contribution in [1.29, 1.82) is 0 Å². The maximum atomic E-state index is 5.37. The van der Waals surface area contributed by atoms with Crippen LogP contribution in [0.15, 0.2) is 29.2 Å². The van der Waals surface area contributed by atoms with E-state index in [0.717, 1.165) is 17.5 Å². The van der Waals surface area contributed by atoms with Crippen molar-refractivity contribution in [2.75, 3.05) is 34.2 Å². The summed E-state index contributed by atoms with van der Waals surface area (Å²) < 4.78 is 21.2. The minimum Gasteiger partial charge on any atom is -0.497 e. The minimum absolute atomic E-state index is 0.785. The van der Waals surface area contributed by atoms with Crippen LogP contribution in [0.1, 0.15) is 0 Å². The molecule has 4 nitrogen and oxygen atoms in total. The maximum absolute atomic E-state index is 5.37. The smallest absolute Gasteiger partial charge is 0.497 e. The Labute approximate surface area is 114 Å². The van der Waals surface area contributed by atoms with E-state index in [2.05, 4.69) is 0 Å². The summed E-state index contributed by atoms with van der Waals surface area (Å²) in [4.78, 5) is 1.20. The lowest BCUT2D eigenvalue weighted by molar-refractivity contribution is 0.125. The predicted octanol–water partition coefficient (Wildman–Crippen LogP) is 2.67. The van der Waals surface area contributed by atoms with Crippen LogP contribution >= 0.6 is 11.8 Å². The van der Waals surface area contributed by atoms with Gasteiger partial charge in [-0.1, -0.05) is 0 Å². The number of hydrogen-bond donors (Lipinski definition) is 0. The Hall–Kier alpha value is -0.533. The van der Waals surface area contributed by atoms with E-state index in [-0.39, 0.29) is 0 Å². The van der Waals surface area contributed by atoms with Crippen LogP contribution in [-0.2, 0) is 13.3 Å². The lowest BCUT2D eigenvalue weighted by atomic mass is 10.3. The molecule has 0 aliphatic carbocycles. The third kappa shape index (κ3) is 4.29. The van der Waals surface area contributed by atoms with Gasteiger partial charge in [0, 0.05) is 38.0 Å². The molecule has 1 aromatic rings. The molecule has 0 fully saturated rings. The summed E-state index contributed by atoms with van der Waals surface area (Å²) in [5, 5.41) is 0. The monoisotopic (exact) mass is 288 g/mol. The van der Waals surface area contributed by atoms with E-state index in [9.17, 15) is 0 Å². The van der Waals surface area contributed by atoms with E-state index >= 15 is 0 Å². The Bertz CT molecular complexity index is 332. The topological polar surface area (TPSA) is 36.9 Å². The molecule has 0 unspecified atom stereocenters. The molecule has 0 amide bonds. The number of benzene rings is 1. The molecular weight excluding hydrogens is 268 g/mol. The number of hydrogen-bond acceptors (Lipinski definition) is 5. The zero-order valence-corrected chi connectivity index (χ0v) is 13.1. The van der Waals surface area contributed by atoms with Gasteiger partial charge in [0.1, 0.15) is 5.75 Å². The highest BCUT2D eigenvalue weighted by atomic mass is 32.2. The lowest BCUT2D eigenvalue weighted by Crippen LogP contribution is -2.43. The van der Waals surface area contributed by atoms with Crippen molar-refractivity contribution in [3.63, 3.8) is 0 Å². The van der Waals surface area contributed by atoms with Gasteiger partial charge in [0.15, 0.2) is 0 Å². The van der Waals surface area contributed by atoms with Gasteiger partial charge in [-0.05, 0) is 24.3 Å². The zero-order chi connectivity index (χ0) is 13.4. The van der Waals surface area contributed by atoms with Crippen molar-refractivity contribution in [2.24, 2.45) is 0 Å². The second-order valence-corrected chi connectivity index (χ2v) is 7.83. The van der Waals surface area contributed by atoms with Gasteiger partial charge in [-0.15, -0.1) is 11.8 Å². The summed E-state index contributed by atoms with van der Waals surface area (Å²) in [5.74, 6) is 1.77. The molecule has 0 saturated heterocycles. The molecule has 0 saturated carbocycles. The summed E-state index contributed by atoms with van der Waals surface area (Å²) >= 11 is 1.75. The van der Waals surface area contributed by atoms with Gasteiger partial charge in [-0.25, -0.2) is 0 Å². The van der Waals surface area contributed by atoms with Crippen LogP contribution in [0.25, 0.3) is 0 Å². The highest BCUT2D eigenvalue weighted by molar-refractivity contribution is 7.99. The van der Waals surface area contributed by atoms with E-state index in [1.807, 2.05) is 24.3 Å². The van der Waals surface area contributed by atoms with Crippen molar-refractivity contribution in [3.05, 3.63) is 24.3 Å². The van der Waals surface area contributed by atoms with E-state index < -0.39 is 8.80 Å². The van der Waals surface area contributed by atoms with E-state index in [0.29, 0.717) is 0 Å². The maximum Gasteiger partial charge on any atom is 0.500 e. The summed E-state index contributed by atoms with van der Waals surface area (Å²) in [6.07, 6.45) is 0. The fourth-order valence-electron chi connectivity index (χ4n) is 1.52. The number of ether oxygens (including phenoxy) is 1. The molecule has 102 valence electrons. The molecule has 0 bridgehead atoms. The average molecular weight is 288 g/mol. The van der Waals surface area contributed by atoms with Crippen LogP contribution in [0, 0.1) is 0 Å². The minimum atomic E-state index is -2.43. The molecule has 1 rings (SSSR count). The molecule has 0 aromatic heterocycles. The second kappa shape index (κ2) is 7.80. The van der Waals surface area contributed by atoms with Gasteiger partial charge in [0.2, 0.25) is 0 Å². The van der Waals surface area contributed by atoms with Gasteiger partial charge in [0.25, 0.3) is 0 Å². The Morgan fingerprint density at radius 3 is 1.94 bits per heavy atom. The van der Waals surface area contributed by atoms with Gasteiger partial charge in [-0.2, -0.15) is 0 Å². The Morgan fingerprint density at radius 2 is 1.50 bits per heavy atom. The first-order valence-corrected chi connectivity index (χ1v) is 8.53. The molecule has 0 radical (unpaired) electrons. The summed E-state index contributed by atoms with van der Waals surface area (Å²) in [5.41, 5.74) is 0. The van der Waals surface area contributed by atoms with Crippen molar-refractivity contribution in [1.82, 2.24) is 0 Å². The molecule has 6 heteroatoms. The molecule has 18 heavy (non-hydrogen) atoms. The first-order valence-electron chi connectivity index (χ1n) is 5.62. The fourth-order valence-corrected chi connectivity index (χ4v) is 4.61. The van der Waals surface area contributed by atoms with Crippen molar-refractivity contribution in [2.45, 2.75) is 10.9 Å². The van der Waals surface area contributed by atoms with E-state index in [1.54, 1.807) is 40.2 Å². The van der Waals surface area contributed by atoms with Crippen LogP contribution < -0.4 is 4.74 Å². The molecule has 0 heterocycles. The summed E-state index contributed by atoms with van der Waals surface area (Å²) in [6, 6.07) is 8.78. The first-order chi connectivity index (χ1) is 8.69. The van der Waals surface area contributed by atoms with Crippen molar-refractivity contribution in [3.8, 4) is 5.75 Å².